The van der Waals surface area contributed by atoms with E-state index < -0.39 is 0 Å². The van der Waals surface area contributed by atoms with E-state index in [1.165, 1.54) is 0 Å². The SMILES string of the molecule is COc1ccc2c(-c3ccnc(Nc4ccc(N5CCN(C(C)=O)CC5)cc4)n3)c[nH]c2c1. The summed E-state index contributed by atoms with van der Waals surface area (Å²) in [4.78, 5) is 28.1. The average Bonchev–Trinajstić information content (AvgIpc) is 3.28. The number of nitrogens with one attached hydrogen (secondary N) is 2. The quantitative estimate of drug-likeness (QED) is 0.485. The molecule has 8 heteroatoms. The number of hydrogen-bond acceptors (Lipinski definition) is 6. The minimum absolute atomic E-state index is 0.142. The molecule has 0 saturated carbocycles. The van der Waals surface area contributed by atoms with Crippen molar-refractivity contribution in [1.82, 2.24) is 19.9 Å². The first kappa shape index (κ1) is 20.8. The molecule has 1 saturated heterocycles. The van der Waals surface area contributed by atoms with Gasteiger partial charge in [-0.15, -0.1) is 0 Å². The summed E-state index contributed by atoms with van der Waals surface area (Å²) in [7, 11) is 1.66. The fraction of sp³-hybridized carbons (Fsp3) is 0.240. The van der Waals surface area contributed by atoms with E-state index in [2.05, 4.69) is 32.3 Å². The molecule has 2 aromatic carbocycles. The van der Waals surface area contributed by atoms with Crippen molar-refractivity contribution in [2.75, 3.05) is 43.5 Å². The largest absolute Gasteiger partial charge is 0.497 e. The van der Waals surface area contributed by atoms with Crippen LogP contribution >= 0.6 is 0 Å². The number of rotatable bonds is 5. The summed E-state index contributed by atoms with van der Waals surface area (Å²) in [6.07, 6.45) is 3.72. The summed E-state index contributed by atoms with van der Waals surface area (Å²) >= 11 is 0. The summed E-state index contributed by atoms with van der Waals surface area (Å²) < 4.78 is 5.31. The van der Waals surface area contributed by atoms with Gasteiger partial charge in [0.25, 0.3) is 0 Å². The van der Waals surface area contributed by atoms with Gasteiger partial charge in [-0.05, 0) is 42.5 Å². The van der Waals surface area contributed by atoms with Crippen LogP contribution in [0.15, 0.2) is 60.9 Å². The van der Waals surface area contributed by atoms with Crippen molar-refractivity contribution in [2.24, 2.45) is 0 Å². The maximum Gasteiger partial charge on any atom is 0.227 e. The fourth-order valence-corrected chi connectivity index (χ4v) is 4.18. The highest BCUT2D eigenvalue weighted by molar-refractivity contribution is 5.95. The molecule has 1 fully saturated rings. The Morgan fingerprint density at radius 1 is 1.06 bits per heavy atom. The van der Waals surface area contributed by atoms with Crippen molar-refractivity contribution < 1.29 is 9.53 Å². The van der Waals surface area contributed by atoms with Gasteiger partial charge in [0.05, 0.1) is 12.8 Å². The van der Waals surface area contributed by atoms with Gasteiger partial charge in [0.15, 0.2) is 0 Å². The molecule has 8 nitrogen and oxygen atoms in total. The zero-order valence-corrected chi connectivity index (χ0v) is 18.7. The number of carbonyl (C=O) groups excluding carboxylic acids is 1. The molecule has 5 rings (SSSR count). The standard InChI is InChI=1S/C25H26N6O2/c1-17(32)30-11-13-31(14-12-30)19-5-3-18(4-6-19)28-25-26-10-9-23(29-25)22-16-27-24-15-20(33-2)7-8-21(22)24/h3-10,15-16,27H,11-14H2,1-2H3,(H,26,28,29). The van der Waals surface area contributed by atoms with E-state index in [4.69, 9.17) is 9.72 Å². The van der Waals surface area contributed by atoms with E-state index in [1.807, 2.05) is 47.5 Å². The van der Waals surface area contributed by atoms with Crippen molar-refractivity contribution in [3.63, 3.8) is 0 Å². The Morgan fingerprint density at radius 3 is 2.58 bits per heavy atom. The Bertz CT molecular complexity index is 1280. The number of anilines is 3. The monoisotopic (exact) mass is 442 g/mol. The molecule has 168 valence electrons. The van der Waals surface area contributed by atoms with Crippen molar-refractivity contribution in [3.05, 3.63) is 60.9 Å². The van der Waals surface area contributed by atoms with Crippen molar-refractivity contribution in [2.45, 2.75) is 6.92 Å². The van der Waals surface area contributed by atoms with Gasteiger partial charge in [0.2, 0.25) is 11.9 Å². The van der Waals surface area contributed by atoms with E-state index in [9.17, 15) is 4.79 Å². The van der Waals surface area contributed by atoms with Gasteiger partial charge in [-0.2, -0.15) is 0 Å². The number of benzene rings is 2. The highest BCUT2D eigenvalue weighted by Gasteiger charge is 2.18. The normalized spacial score (nSPS) is 13.9. The molecule has 3 heterocycles. The van der Waals surface area contributed by atoms with Gasteiger partial charge in [0.1, 0.15) is 5.75 Å². The maximum absolute atomic E-state index is 11.5. The number of piperazine rings is 1. The lowest BCUT2D eigenvalue weighted by atomic mass is 10.1. The minimum Gasteiger partial charge on any atom is -0.497 e. The lowest BCUT2D eigenvalue weighted by Crippen LogP contribution is -2.48. The molecular formula is C25H26N6O2. The number of aromatic nitrogens is 3. The van der Waals surface area contributed by atoms with Gasteiger partial charge in [-0.25, -0.2) is 9.97 Å². The Hall–Kier alpha value is -4.07. The number of carbonyl (C=O) groups is 1. The maximum atomic E-state index is 11.5. The smallest absolute Gasteiger partial charge is 0.227 e. The van der Waals surface area contributed by atoms with Crippen LogP contribution in [0.3, 0.4) is 0 Å². The van der Waals surface area contributed by atoms with Crippen molar-refractivity contribution in [1.29, 1.82) is 0 Å². The van der Waals surface area contributed by atoms with Gasteiger partial charge >= 0.3 is 0 Å². The number of amides is 1. The van der Waals surface area contributed by atoms with Crippen LogP contribution in [-0.2, 0) is 4.79 Å². The molecule has 0 unspecified atom stereocenters. The third kappa shape index (κ3) is 4.32. The Kier molecular flexibility index (Phi) is 5.56. The molecule has 0 bridgehead atoms. The average molecular weight is 443 g/mol. The molecule has 0 atom stereocenters. The van der Waals surface area contributed by atoms with E-state index in [0.29, 0.717) is 5.95 Å². The number of ether oxygens (including phenoxy) is 1. The van der Waals surface area contributed by atoms with Crippen LogP contribution in [0.5, 0.6) is 5.75 Å². The lowest BCUT2D eigenvalue weighted by Gasteiger charge is -2.35. The van der Waals surface area contributed by atoms with Gasteiger partial charge in [-0.3, -0.25) is 4.79 Å². The van der Waals surface area contributed by atoms with Crippen LogP contribution in [0.4, 0.5) is 17.3 Å². The van der Waals surface area contributed by atoms with Crippen LogP contribution in [-0.4, -0.2) is 59.0 Å². The molecular weight excluding hydrogens is 416 g/mol. The second-order valence-corrected chi connectivity index (χ2v) is 8.04. The van der Waals surface area contributed by atoms with Gasteiger partial charge < -0.3 is 24.8 Å². The molecule has 0 spiro atoms. The topological polar surface area (TPSA) is 86.4 Å². The lowest BCUT2D eigenvalue weighted by molar-refractivity contribution is -0.129. The molecule has 1 aliphatic rings. The number of aromatic amines is 1. The fourth-order valence-electron chi connectivity index (χ4n) is 4.18. The molecule has 33 heavy (non-hydrogen) atoms. The van der Waals surface area contributed by atoms with Gasteiger partial charge in [-0.1, -0.05) is 0 Å². The number of H-pyrrole nitrogens is 1. The number of methoxy groups -OCH3 is 1. The Balaban J connectivity index is 1.30. The summed E-state index contributed by atoms with van der Waals surface area (Å²) in [5.41, 5.74) is 4.91. The third-order valence-electron chi connectivity index (χ3n) is 6.03. The van der Waals surface area contributed by atoms with Crippen molar-refractivity contribution >= 4 is 34.1 Å². The first-order valence-corrected chi connectivity index (χ1v) is 11.0. The van der Waals surface area contributed by atoms with Crippen molar-refractivity contribution in [3.8, 4) is 17.0 Å². The predicted molar refractivity (Wildman–Crippen MR) is 130 cm³/mol. The highest BCUT2D eigenvalue weighted by Crippen LogP contribution is 2.30. The third-order valence-corrected chi connectivity index (χ3v) is 6.03. The van der Waals surface area contributed by atoms with Crippen LogP contribution < -0.4 is 15.0 Å². The zero-order valence-electron chi connectivity index (χ0n) is 18.7. The van der Waals surface area contributed by atoms with E-state index in [-0.39, 0.29) is 5.91 Å². The number of hydrogen-bond donors (Lipinski definition) is 2. The van der Waals surface area contributed by atoms with Crippen LogP contribution in [0.2, 0.25) is 0 Å². The molecule has 1 amide bonds. The summed E-state index contributed by atoms with van der Waals surface area (Å²) in [6.45, 7) is 4.83. The molecule has 4 aromatic rings. The van der Waals surface area contributed by atoms with Gasteiger partial charge in [0, 0.05) is 79.4 Å². The first-order valence-electron chi connectivity index (χ1n) is 11.0. The zero-order chi connectivity index (χ0) is 22.8. The highest BCUT2D eigenvalue weighted by atomic mass is 16.5. The van der Waals surface area contributed by atoms with Crippen LogP contribution in [0.25, 0.3) is 22.2 Å². The predicted octanol–water partition coefficient (Wildman–Crippen LogP) is 4.05. The second kappa shape index (κ2) is 8.82. The summed E-state index contributed by atoms with van der Waals surface area (Å²) in [5, 5.41) is 4.38. The Morgan fingerprint density at radius 2 is 1.85 bits per heavy atom. The van der Waals surface area contributed by atoms with Crippen LogP contribution in [0.1, 0.15) is 6.92 Å². The summed E-state index contributed by atoms with van der Waals surface area (Å²) in [5.74, 6) is 1.49. The first-order chi connectivity index (χ1) is 16.1. The molecule has 0 radical (unpaired) electrons. The minimum atomic E-state index is 0.142. The number of fused-ring (bicyclic) bond motifs is 1. The van der Waals surface area contributed by atoms with E-state index in [0.717, 1.165) is 65.5 Å². The second-order valence-electron chi connectivity index (χ2n) is 8.04. The summed E-state index contributed by atoms with van der Waals surface area (Å²) in [6, 6.07) is 16.1. The van der Waals surface area contributed by atoms with E-state index >= 15 is 0 Å². The Labute approximate surface area is 192 Å². The van der Waals surface area contributed by atoms with Crippen LogP contribution in [0, 0.1) is 0 Å². The number of nitrogens with zero attached hydrogens (tertiary/aromatic N) is 4. The molecule has 2 aromatic heterocycles. The molecule has 2 N–H and O–H groups in total. The molecule has 0 aliphatic carbocycles. The molecule has 1 aliphatic heterocycles. The van der Waals surface area contributed by atoms with E-state index in [1.54, 1.807) is 20.2 Å².